The number of rotatable bonds is 6. The fraction of sp³-hybridized carbons (Fsp3) is 0.571. The molecule has 1 aliphatic heterocycles. The molecule has 1 atom stereocenters. The van der Waals surface area contributed by atoms with Crippen molar-refractivity contribution in [2.24, 2.45) is 5.41 Å². The normalized spacial score (nSPS) is 19.2. The second-order valence-corrected chi connectivity index (χ2v) is 6.24. The lowest BCUT2D eigenvalue weighted by Crippen LogP contribution is -2.53. The van der Waals surface area contributed by atoms with E-state index in [-0.39, 0.29) is 24.7 Å². The molecular formula is C14H20BrNO3. The van der Waals surface area contributed by atoms with Crippen molar-refractivity contribution < 1.29 is 14.9 Å². The van der Waals surface area contributed by atoms with Gasteiger partial charge in [0.05, 0.1) is 37.9 Å². The van der Waals surface area contributed by atoms with E-state index in [1.807, 2.05) is 31.3 Å². The van der Waals surface area contributed by atoms with Crippen molar-refractivity contribution in [3.63, 3.8) is 0 Å². The minimum Gasteiger partial charge on any atom is -0.396 e. The summed E-state index contributed by atoms with van der Waals surface area (Å²) in [5, 5.41) is 19.1. The van der Waals surface area contributed by atoms with Crippen molar-refractivity contribution in [2.45, 2.75) is 6.04 Å². The van der Waals surface area contributed by atoms with Crippen LogP contribution in [0.25, 0.3) is 0 Å². The molecule has 19 heavy (non-hydrogen) atoms. The fourth-order valence-electron chi connectivity index (χ4n) is 2.48. The Morgan fingerprint density at radius 2 is 2.16 bits per heavy atom. The van der Waals surface area contributed by atoms with Gasteiger partial charge in [-0.05, 0) is 24.7 Å². The van der Waals surface area contributed by atoms with Gasteiger partial charge in [0.2, 0.25) is 0 Å². The molecule has 5 heteroatoms. The molecule has 0 radical (unpaired) electrons. The summed E-state index contributed by atoms with van der Waals surface area (Å²) in [6.45, 7) is 2.06. The van der Waals surface area contributed by atoms with Crippen LogP contribution in [-0.4, -0.2) is 55.1 Å². The molecule has 1 fully saturated rings. The zero-order valence-corrected chi connectivity index (χ0v) is 12.6. The third kappa shape index (κ3) is 3.35. The molecule has 106 valence electrons. The predicted octanol–water partition coefficient (Wildman–Crippen LogP) is 1.42. The number of hydrogen-bond donors (Lipinski definition) is 2. The highest BCUT2D eigenvalue weighted by Gasteiger charge is 2.40. The lowest BCUT2D eigenvalue weighted by atomic mass is 9.86. The molecule has 1 saturated heterocycles. The van der Waals surface area contributed by atoms with Crippen LogP contribution >= 0.6 is 15.9 Å². The van der Waals surface area contributed by atoms with E-state index in [0.717, 1.165) is 10.0 Å². The smallest absolute Gasteiger partial charge is 0.0628 e. The number of ether oxygens (including phenoxy) is 1. The van der Waals surface area contributed by atoms with Crippen molar-refractivity contribution in [2.75, 3.05) is 40.0 Å². The van der Waals surface area contributed by atoms with Gasteiger partial charge >= 0.3 is 0 Å². The summed E-state index contributed by atoms with van der Waals surface area (Å²) in [7, 11) is 1.97. The third-order valence-electron chi connectivity index (χ3n) is 3.68. The van der Waals surface area contributed by atoms with Crippen molar-refractivity contribution in [1.29, 1.82) is 0 Å². The number of aliphatic hydroxyl groups is 2. The predicted molar refractivity (Wildman–Crippen MR) is 76.9 cm³/mol. The summed E-state index contributed by atoms with van der Waals surface area (Å²) in [5.74, 6) is 0. The van der Waals surface area contributed by atoms with Crippen LogP contribution in [-0.2, 0) is 4.74 Å². The quantitative estimate of drug-likeness (QED) is 0.828. The molecule has 1 aromatic carbocycles. The largest absolute Gasteiger partial charge is 0.396 e. The van der Waals surface area contributed by atoms with E-state index < -0.39 is 0 Å². The van der Waals surface area contributed by atoms with Gasteiger partial charge in [-0.15, -0.1) is 0 Å². The Hall–Kier alpha value is -0.460. The fourth-order valence-corrected chi connectivity index (χ4v) is 2.89. The van der Waals surface area contributed by atoms with Gasteiger partial charge in [-0.3, -0.25) is 4.90 Å². The maximum Gasteiger partial charge on any atom is 0.0628 e. The highest BCUT2D eigenvalue weighted by molar-refractivity contribution is 9.10. The maximum atomic E-state index is 9.65. The van der Waals surface area contributed by atoms with Crippen molar-refractivity contribution in [3.05, 3.63) is 34.3 Å². The molecule has 2 rings (SSSR count). The molecule has 1 heterocycles. The molecule has 0 aliphatic carbocycles. The average molecular weight is 330 g/mol. The summed E-state index contributed by atoms with van der Waals surface area (Å²) in [6, 6.07) is 7.88. The third-order valence-corrected chi connectivity index (χ3v) is 4.17. The zero-order valence-electron chi connectivity index (χ0n) is 11.1. The van der Waals surface area contributed by atoms with E-state index in [4.69, 9.17) is 4.74 Å². The number of hydrogen-bond acceptors (Lipinski definition) is 4. The molecule has 1 aliphatic rings. The number of likely N-dealkylation sites (N-methyl/N-ethyl adjacent to an activating group) is 1. The Labute approximate surface area is 122 Å². The van der Waals surface area contributed by atoms with E-state index in [1.165, 1.54) is 0 Å². The Morgan fingerprint density at radius 1 is 1.42 bits per heavy atom. The van der Waals surface area contributed by atoms with Crippen LogP contribution in [0.3, 0.4) is 0 Å². The topological polar surface area (TPSA) is 52.9 Å². The first kappa shape index (κ1) is 14.9. The van der Waals surface area contributed by atoms with E-state index in [1.54, 1.807) is 0 Å². The van der Waals surface area contributed by atoms with E-state index in [9.17, 15) is 10.2 Å². The number of aliphatic hydroxyl groups excluding tert-OH is 2. The Bertz CT molecular complexity index is 417. The van der Waals surface area contributed by atoms with E-state index in [0.29, 0.717) is 19.8 Å². The summed E-state index contributed by atoms with van der Waals surface area (Å²) in [6.07, 6.45) is 0. The lowest BCUT2D eigenvalue weighted by molar-refractivity contribution is -0.150. The molecule has 1 aromatic rings. The Kier molecular flexibility index (Phi) is 4.97. The first-order chi connectivity index (χ1) is 9.10. The molecule has 0 amide bonds. The Balaban J connectivity index is 2.08. The molecular weight excluding hydrogens is 310 g/mol. The van der Waals surface area contributed by atoms with Gasteiger partial charge in [0.15, 0.2) is 0 Å². The van der Waals surface area contributed by atoms with Crippen molar-refractivity contribution in [1.82, 2.24) is 4.90 Å². The van der Waals surface area contributed by atoms with E-state index in [2.05, 4.69) is 20.8 Å². The highest BCUT2D eigenvalue weighted by Crippen LogP contribution is 2.31. The SMILES string of the molecule is CN(CC1(CO)COC1)C(CO)c1cccc(Br)c1. The minimum absolute atomic E-state index is 0.0509. The standard InChI is InChI=1S/C14H20BrNO3/c1-16(7-14(8-18)9-19-10-14)13(6-17)11-3-2-4-12(15)5-11/h2-5,13,17-18H,6-10H2,1H3. The monoisotopic (exact) mass is 329 g/mol. The first-order valence-electron chi connectivity index (χ1n) is 6.35. The molecule has 0 aromatic heterocycles. The number of nitrogens with zero attached hydrogens (tertiary/aromatic N) is 1. The maximum absolute atomic E-state index is 9.65. The van der Waals surface area contributed by atoms with Gasteiger partial charge < -0.3 is 14.9 Å². The van der Waals surface area contributed by atoms with Crippen molar-refractivity contribution >= 4 is 15.9 Å². The molecule has 0 spiro atoms. The molecule has 0 bridgehead atoms. The van der Waals surface area contributed by atoms with Crippen LogP contribution in [0.5, 0.6) is 0 Å². The Morgan fingerprint density at radius 3 is 2.63 bits per heavy atom. The second-order valence-electron chi connectivity index (χ2n) is 5.32. The molecule has 1 unspecified atom stereocenters. The second kappa shape index (κ2) is 6.33. The van der Waals surface area contributed by atoms with E-state index >= 15 is 0 Å². The molecule has 0 saturated carbocycles. The van der Waals surface area contributed by atoms with Crippen LogP contribution in [0.2, 0.25) is 0 Å². The molecule has 4 nitrogen and oxygen atoms in total. The van der Waals surface area contributed by atoms with Crippen LogP contribution in [0.4, 0.5) is 0 Å². The highest BCUT2D eigenvalue weighted by atomic mass is 79.9. The average Bonchev–Trinajstić information content (AvgIpc) is 2.35. The van der Waals surface area contributed by atoms with Crippen LogP contribution in [0.1, 0.15) is 11.6 Å². The lowest BCUT2D eigenvalue weighted by Gasteiger charge is -2.44. The zero-order chi connectivity index (χ0) is 13.9. The molecule has 2 N–H and O–H groups in total. The van der Waals surface area contributed by atoms with Gasteiger partial charge in [0.25, 0.3) is 0 Å². The van der Waals surface area contributed by atoms with Crippen LogP contribution in [0, 0.1) is 5.41 Å². The summed E-state index contributed by atoms with van der Waals surface area (Å²) in [5.41, 5.74) is 0.890. The summed E-state index contributed by atoms with van der Waals surface area (Å²) in [4.78, 5) is 2.08. The number of benzene rings is 1. The van der Waals surface area contributed by atoms with Crippen LogP contribution in [0.15, 0.2) is 28.7 Å². The first-order valence-corrected chi connectivity index (χ1v) is 7.15. The van der Waals surface area contributed by atoms with Gasteiger partial charge in [-0.25, -0.2) is 0 Å². The van der Waals surface area contributed by atoms with Crippen LogP contribution < -0.4 is 0 Å². The van der Waals surface area contributed by atoms with Gasteiger partial charge in [-0.1, -0.05) is 28.1 Å². The van der Waals surface area contributed by atoms with Gasteiger partial charge in [0.1, 0.15) is 0 Å². The summed E-state index contributed by atoms with van der Waals surface area (Å²) >= 11 is 3.45. The van der Waals surface area contributed by atoms with Gasteiger partial charge in [-0.2, -0.15) is 0 Å². The summed E-state index contributed by atoms with van der Waals surface area (Å²) < 4.78 is 6.21. The number of halogens is 1. The van der Waals surface area contributed by atoms with Gasteiger partial charge in [0, 0.05) is 11.0 Å². The minimum atomic E-state index is -0.172. The van der Waals surface area contributed by atoms with Crippen molar-refractivity contribution in [3.8, 4) is 0 Å².